The maximum absolute atomic E-state index is 2.48. The molecule has 0 aliphatic heterocycles. The molecule has 9 rings (SSSR count). The van der Waals surface area contributed by atoms with Crippen LogP contribution in [0.2, 0.25) is 0 Å². The van der Waals surface area contributed by atoms with E-state index in [9.17, 15) is 0 Å². The molecule has 0 fully saturated rings. The average Bonchev–Trinajstić information content (AvgIpc) is 3.63. The average molecular weight is 648 g/mol. The quantitative estimate of drug-likeness (QED) is 0.180. The largest absolute Gasteiger partial charge is 0.309 e. The van der Waals surface area contributed by atoms with Crippen LogP contribution in [0.4, 0.5) is 17.1 Å². The van der Waals surface area contributed by atoms with E-state index in [0.717, 1.165) is 11.4 Å². The fraction of sp³-hybridized carbons (Fsp3) is 0.106. The van der Waals surface area contributed by atoms with Gasteiger partial charge in [0, 0.05) is 32.3 Å². The number of nitrogens with zero attached hydrogens (tertiary/aromatic N) is 1. The molecule has 0 radical (unpaired) electrons. The van der Waals surface area contributed by atoms with Crippen LogP contribution in [-0.2, 0) is 5.41 Å². The van der Waals surface area contributed by atoms with Crippen LogP contribution in [0.25, 0.3) is 59.3 Å². The predicted molar refractivity (Wildman–Crippen MR) is 214 cm³/mol. The summed E-state index contributed by atoms with van der Waals surface area (Å²) in [4.78, 5) is 2.48. The van der Waals surface area contributed by atoms with Gasteiger partial charge in [-0.3, -0.25) is 0 Å². The Morgan fingerprint density at radius 3 is 2.24 bits per heavy atom. The molecular formula is C47H37NS. The number of fused-ring (bicyclic) bond motifs is 8. The number of benzene rings is 7. The highest BCUT2D eigenvalue weighted by molar-refractivity contribution is 7.26. The summed E-state index contributed by atoms with van der Waals surface area (Å²) >= 11 is 1.90. The van der Waals surface area contributed by atoms with Crippen molar-refractivity contribution in [3.63, 3.8) is 0 Å². The van der Waals surface area contributed by atoms with E-state index in [0.29, 0.717) is 0 Å². The summed E-state index contributed by atoms with van der Waals surface area (Å²) in [6.45, 7) is 8.98. The van der Waals surface area contributed by atoms with Crippen molar-refractivity contribution in [2.24, 2.45) is 0 Å². The third kappa shape index (κ3) is 4.66. The standard InChI is InChI=1S/C47H37NS/c1-5-12-31-21-22-34(27-30(31)2)33-14-10-15-35(28-33)48(36-24-25-42-40(29-36)38-17-8-9-19-41(38)47(42,3)4)43-20-11-18-39-45-37-16-7-6-13-32(37)23-26-44(45)49-46(39)43/h5-29H,1-4H3/b12-5-. The smallest absolute Gasteiger partial charge is 0.0640 e. The van der Waals surface area contributed by atoms with E-state index in [4.69, 9.17) is 0 Å². The molecule has 2 heteroatoms. The third-order valence-corrected chi connectivity index (χ3v) is 11.7. The van der Waals surface area contributed by atoms with Crippen LogP contribution in [-0.4, -0.2) is 0 Å². The van der Waals surface area contributed by atoms with Crippen molar-refractivity contribution < 1.29 is 0 Å². The lowest BCUT2D eigenvalue weighted by molar-refractivity contribution is 0.660. The summed E-state index contributed by atoms with van der Waals surface area (Å²) < 4.78 is 2.61. The second kappa shape index (κ2) is 11.3. The van der Waals surface area contributed by atoms with Crippen molar-refractivity contribution in [3.8, 4) is 22.3 Å². The maximum Gasteiger partial charge on any atom is 0.0640 e. The van der Waals surface area contributed by atoms with Crippen LogP contribution in [0.5, 0.6) is 0 Å². The van der Waals surface area contributed by atoms with E-state index in [2.05, 4.69) is 184 Å². The van der Waals surface area contributed by atoms with E-state index in [1.165, 1.54) is 81.1 Å². The van der Waals surface area contributed by atoms with Crippen LogP contribution in [0.1, 0.15) is 43.0 Å². The lowest BCUT2D eigenvalue weighted by Crippen LogP contribution is -2.15. The van der Waals surface area contributed by atoms with Crippen LogP contribution in [0.15, 0.2) is 146 Å². The van der Waals surface area contributed by atoms with Gasteiger partial charge >= 0.3 is 0 Å². The molecule has 0 saturated heterocycles. The number of hydrogen-bond donors (Lipinski definition) is 0. The maximum atomic E-state index is 2.48. The zero-order valence-corrected chi connectivity index (χ0v) is 29.1. The van der Waals surface area contributed by atoms with Gasteiger partial charge in [0.25, 0.3) is 0 Å². The monoisotopic (exact) mass is 647 g/mol. The fourth-order valence-corrected chi connectivity index (χ4v) is 9.27. The van der Waals surface area contributed by atoms with Gasteiger partial charge in [-0.05, 0) is 106 Å². The SMILES string of the molecule is C/C=C\c1ccc(-c2cccc(N(c3ccc4c(c3)-c3ccccc3C4(C)C)c3cccc4c3sc3ccc5ccccc5c34)c2)cc1C. The lowest BCUT2D eigenvalue weighted by Gasteiger charge is -2.28. The first kappa shape index (κ1) is 29.7. The van der Waals surface area contributed by atoms with Crippen LogP contribution in [0.3, 0.4) is 0 Å². The minimum atomic E-state index is -0.0429. The lowest BCUT2D eigenvalue weighted by atomic mass is 9.82. The molecule has 8 aromatic rings. The molecule has 0 saturated carbocycles. The summed E-state index contributed by atoms with van der Waals surface area (Å²) in [6.07, 6.45) is 4.29. The Morgan fingerprint density at radius 1 is 0.612 bits per heavy atom. The molecule has 0 spiro atoms. The Hall–Kier alpha value is -5.44. The molecule has 0 amide bonds. The number of allylic oxidation sites excluding steroid dienone is 1. The Balaban J connectivity index is 1.29. The Kier molecular flexibility index (Phi) is 6.86. The van der Waals surface area contributed by atoms with Gasteiger partial charge in [-0.15, -0.1) is 11.3 Å². The van der Waals surface area contributed by atoms with Crippen molar-refractivity contribution in [2.45, 2.75) is 33.1 Å². The minimum absolute atomic E-state index is 0.0429. The molecule has 1 aromatic heterocycles. The summed E-state index contributed by atoms with van der Waals surface area (Å²) in [5, 5.41) is 5.23. The normalized spacial score (nSPS) is 13.4. The third-order valence-electron chi connectivity index (χ3n) is 10.5. The highest BCUT2D eigenvalue weighted by atomic mass is 32.1. The predicted octanol–water partition coefficient (Wildman–Crippen LogP) is 14.0. The summed E-state index contributed by atoms with van der Waals surface area (Å²) in [5.74, 6) is 0. The molecule has 7 aromatic carbocycles. The van der Waals surface area contributed by atoms with Crippen molar-refractivity contribution in [1.29, 1.82) is 0 Å². The molecule has 236 valence electrons. The molecule has 1 nitrogen and oxygen atoms in total. The van der Waals surface area contributed by atoms with Gasteiger partial charge in [0.2, 0.25) is 0 Å². The molecular weight excluding hydrogens is 611 g/mol. The number of rotatable bonds is 5. The fourth-order valence-electron chi connectivity index (χ4n) is 8.05. The van der Waals surface area contributed by atoms with E-state index < -0.39 is 0 Å². The zero-order valence-electron chi connectivity index (χ0n) is 28.3. The van der Waals surface area contributed by atoms with E-state index in [1.54, 1.807) is 0 Å². The Labute approximate surface area is 292 Å². The molecule has 0 bridgehead atoms. The van der Waals surface area contributed by atoms with E-state index >= 15 is 0 Å². The minimum Gasteiger partial charge on any atom is -0.309 e. The highest BCUT2D eigenvalue weighted by Crippen LogP contribution is 2.52. The number of thiophene rings is 1. The van der Waals surface area contributed by atoms with Gasteiger partial charge in [-0.1, -0.05) is 129 Å². The molecule has 1 aliphatic rings. The highest BCUT2D eigenvalue weighted by Gasteiger charge is 2.35. The second-order valence-corrected chi connectivity index (χ2v) is 14.8. The zero-order chi connectivity index (χ0) is 33.3. The number of hydrogen-bond acceptors (Lipinski definition) is 2. The van der Waals surface area contributed by atoms with Crippen molar-refractivity contribution >= 4 is 65.4 Å². The first-order valence-electron chi connectivity index (χ1n) is 17.1. The first-order chi connectivity index (χ1) is 23.9. The van der Waals surface area contributed by atoms with Crippen LogP contribution >= 0.6 is 11.3 Å². The Morgan fingerprint density at radius 2 is 1.37 bits per heavy atom. The molecule has 1 aliphatic carbocycles. The molecule has 0 N–H and O–H groups in total. The van der Waals surface area contributed by atoms with E-state index in [-0.39, 0.29) is 5.41 Å². The van der Waals surface area contributed by atoms with Gasteiger partial charge in [0.05, 0.1) is 10.4 Å². The van der Waals surface area contributed by atoms with Gasteiger partial charge in [0.15, 0.2) is 0 Å². The van der Waals surface area contributed by atoms with Gasteiger partial charge in [0.1, 0.15) is 0 Å². The number of anilines is 3. The Bertz CT molecular complexity index is 2620. The molecule has 0 unspecified atom stereocenters. The second-order valence-electron chi connectivity index (χ2n) is 13.8. The topological polar surface area (TPSA) is 3.24 Å². The summed E-state index contributed by atoms with van der Waals surface area (Å²) in [6, 6.07) is 52.1. The van der Waals surface area contributed by atoms with Crippen LogP contribution < -0.4 is 4.90 Å². The number of aryl methyl sites for hydroxylation is 1. The first-order valence-corrected chi connectivity index (χ1v) is 18.0. The van der Waals surface area contributed by atoms with Gasteiger partial charge < -0.3 is 4.90 Å². The van der Waals surface area contributed by atoms with Crippen molar-refractivity contribution in [2.75, 3.05) is 4.90 Å². The van der Waals surface area contributed by atoms with E-state index in [1.807, 2.05) is 11.3 Å². The van der Waals surface area contributed by atoms with Gasteiger partial charge in [-0.2, -0.15) is 0 Å². The van der Waals surface area contributed by atoms with Crippen molar-refractivity contribution in [1.82, 2.24) is 0 Å². The van der Waals surface area contributed by atoms with Crippen LogP contribution in [0, 0.1) is 6.92 Å². The van der Waals surface area contributed by atoms with Crippen molar-refractivity contribution in [3.05, 3.63) is 168 Å². The van der Waals surface area contributed by atoms with Gasteiger partial charge in [-0.25, -0.2) is 0 Å². The summed E-state index contributed by atoms with van der Waals surface area (Å²) in [5.41, 5.74) is 13.9. The summed E-state index contributed by atoms with van der Waals surface area (Å²) in [7, 11) is 0. The molecule has 49 heavy (non-hydrogen) atoms. The molecule has 1 heterocycles. The molecule has 0 atom stereocenters.